The highest BCUT2D eigenvalue weighted by atomic mass is 35.5. The number of hydrogen-bond acceptors (Lipinski definition) is 5. The third-order valence-corrected chi connectivity index (χ3v) is 4.37. The van der Waals surface area contributed by atoms with Crippen LogP contribution in [0.3, 0.4) is 0 Å². The second-order valence-electron chi connectivity index (χ2n) is 5.51. The predicted molar refractivity (Wildman–Crippen MR) is 93.2 cm³/mol. The minimum absolute atomic E-state index is 0.716. The molecule has 3 aromatic rings. The predicted octanol–water partition coefficient (Wildman–Crippen LogP) is 3.00. The third kappa shape index (κ3) is 2.80. The second kappa shape index (κ2) is 6.01. The highest BCUT2D eigenvalue weighted by molar-refractivity contribution is 6.31. The van der Waals surface area contributed by atoms with Gasteiger partial charge < -0.3 is 9.80 Å². The van der Waals surface area contributed by atoms with E-state index in [0.29, 0.717) is 5.02 Å². The standard InChI is InChI=1S/C17H16ClN5/c18-13-2-3-14-15(12-13)19-7-4-16(14)22-8-10-23(11-9-22)17-20-5-1-6-21-17/h1-7,12H,8-11H2. The molecule has 0 bridgehead atoms. The van der Waals surface area contributed by atoms with Crippen LogP contribution in [0.2, 0.25) is 5.02 Å². The van der Waals surface area contributed by atoms with E-state index in [9.17, 15) is 0 Å². The maximum absolute atomic E-state index is 6.07. The summed E-state index contributed by atoms with van der Waals surface area (Å²) in [6.45, 7) is 3.67. The Morgan fingerprint density at radius 3 is 2.35 bits per heavy atom. The number of anilines is 2. The molecule has 4 rings (SSSR count). The number of hydrogen-bond donors (Lipinski definition) is 0. The van der Waals surface area contributed by atoms with Crippen molar-refractivity contribution in [2.24, 2.45) is 0 Å². The normalized spacial score (nSPS) is 15.2. The summed E-state index contributed by atoms with van der Waals surface area (Å²) in [5.41, 5.74) is 2.14. The van der Waals surface area contributed by atoms with Crippen molar-refractivity contribution >= 4 is 34.1 Å². The van der Waals surface area contributed by atoms with Gasteiger partial charge in [0.05, 0.1) is 5.52 Å². The van der Waals surface area contributed by atoms with Gasteiger partial charge in [-0.05, 0) is 30.3 Å². The van der Waals surface area contributed by atoms with E-state index in [0.717, 1.165) is 43.0 Å². The molecule has 116 valence electrons. The van der Waals surface area contributed by atoms with Gasteiger partial charge in [0.15, 0.2) is 0 Å². The molecule has 0 spiro atoms. The summed E-state index contributed by atoms with van der Waals surface area (Å²) in [4.78, 5) is 17.7. The van der Waals surface area contributed by atoms with Crippen LogP contribution in [-0.2, 0) is 0 Å². The Hall–Kier alpha value is -2.40. The number of piperazine rings is 1. The van der Waals surface area contributed by atoms with Crippen molar-refractivity contribution in [1.29, 1.82) is 0 Å². The van der Waals surface area contributed by atoms with Crippen molar-refractivity contribution in [3.63, 3.8) is 0 Å². The molecular weight excluding hydrogens is 310 g/mol. The zero-order valence-electron chi connectivity index (χ0n) is 12.6. The maximum Gasteiger partial charge on any atom is 0.225 e. The Morgan fingerprint density at radius 2 is 1.57 bits per heavy atom. The van der Waals surface area contributed by atoms with Gasteiger partial charge in [-0.2, -0.15) is 0 Å². The number of nitrogens with zero attached hydrogens (tertiary/aromatic N) is 5. The van der Waals surface area contributed by atoms with Crippen molar-refractivity contribution in [3.8, 4) is 0 Å². The summed E-state index contributed by atoms with van der Waals surface area (Å²) in [5, 5.41) is 1.86. The molecule has 1 aliphatic heterocycles. The van der Waals surface area contributed by atoms with Crippen molar-refractivity contribution in [1.82, 2.24) is 15.0 Å². The molecule has 5 nitrogen and oxygen atoms in total. The lowest BCUT2D eigenvalue weighted by Gasteiger charge is -2.36. The summed E-state index contributed by atoms with van der Waals surface area (Å²) in [7, 11) is 0. The first-order valence-corrected chi connectivity index (χ1v) is 8.00. The number of rotatable bonds is 2. The zero-order chi connectivity index (χ0) is 15.6. The van der Waals surface area contributed by atoms with Gasteiger partial charge in [0, 0.05) is 60.9 Å². The molecule has 0 unspecified atom stereocenters. The van der Waals surface area contributed by atoms with Gasteiger partial charge in [0.25, 0.3) is 0 Å². The van der Waals surface area contributed by atoms with E-state index in [4.69, 9.17) is 11.6 Å². The molecular formula is C17H16ClN5. The summed E-state index contributed by atoms with van der Waals surface area (Å²) < 4.78 is 0. The van der Waals surface area contributed by atoms with Gasteiger partial charge in [-0.1, -0.05) is 11.6 Å². The van der Waals surface area contributed by atoms with Crippen LogP contribution in [0.25, 0.3) is 10.9 Å². The molecule has 0 atom stereocenters. The molecule has 0 aliphatic carbocycles. The van der Waals surface area contributed by atoms with Crippen LogP contribution >= 0.6 is 11.6 Å². The largest absolute Gasteiger partial charge is 0.367 e. The second-order valence-corrected chi connectivity index (χ2v) is 5.95. The Balaban J connectivity index is 1.57. The number of halogens is 1. The number of fused-ring (bicyclic) bond motifs is 1. The van der Waals surface area contributed by atoms with Crippen molar-refractivity contribution in [2.75, 3.05) is 36.0 Å². The molecule has 0 N–H and O–H groups in total. The molecule has 1 aromatic carbocycles. The molecule has 6 heteroatoms. The van der Waals surface area contributed by atoms with Crippen LogP contribution in [0.4, 0.5) is 11.6 Å². The molecule has 1 fully saturated rings. The fourth-order valence-electron chi connectivity index (χ4n) is 2.98. The summed E-state index contributed by atoms with van der Waals surface area (Å²) in [6.07, 6.45) is 5.42. The SMILES string of the molecule is Clc1ccc2c(N3CCN(c4ncccn4)CC3)ccnc2c1. The molecule has 2 aromatic heterocycles. The van der Waals surface area contributed by atoms with Crippen LogP contribution in [0.5, 0.6) is 0 Å². The monoisotopic (exact) mass is 325 g/mol. The Kier molecular flexibility index (Phi) is 3.71. The molecule has 0 saturated carbocycles. The molecule has 0 amide bonds. The van der Waals surface area contributed by atoms with E-state index in [1.807, 2.05) is 30.5 Å². The summed E-state index contributed by atoms with van der Waals surface area (Å²) >= 11 is 6.07. The summed E-state index contributed by atoms with van der Waals surface area (Å²) in [5.74, 6) is 0.804. The van der Waals surface area contributed by atoms with Crippen LogP contribution in [0, 0.1) is 0 Å². The highest BCUT2D eigenvalue weighted by Crippen LogP contribution is 2.28. The minimum atomic E-state index is 0.716. The van der Waals surface area contributed by atoms with Gasteiger partial charge in [0.2, 0.25) is 5.95 Å². The van der Waals surface area contributed by atoms with Crippen molar-refractivity contribution in [3.05, 3.63) is 53.9 Å². The summed E-state index contributed by atoms with van der Waals surface area (Å²) in [6, 6.07) is 9.79. The van der Waals surface area contributed by atoms with Crippen LogP contribution in [-0.4, -0.2) is 41.1 Å². The lowest BCUT2D eigenvalue weighted by Crippen LogP contribution is -2.47. The zero-order valence-corrected chi connectivity index (χ0v) is 13.3. The van der Waals surface area contributed by atoms with Gasteiger partial charge in [-0.25, -0.2) is 9.97 Å². The number of benzene rings is 1. The minimum Gasteiger partial charge on any atom is -0.367 e. The fraction of sp³-hybridized carbons (Fsp3) is 0.235. The maximum atomic E-state index is 6.07. The number of aromatic nitrogens is 3. The molecule has 0 radical (unpaired) electrons. The first-order valence-electron chi connectivity index (χ1n) is 7.62. The Morgan fingerprint density at radius 1 is 0.826 bits per heavy atom. The van der Waals surface area contributed by atoms with E-state index < -0.39 is 0 Å². The van der Waals surface area contributed by atoms with E-state index in [-0.39, 0.29) is 0 Å². The van der Waals surface area contributed by atoms with E-state index in [2.05, 4.69) is 30.8 Å². The number of pyridine rings is 1. The third-order valence-electron chi connectivity index (χ3n) is 4.14. The van der Waals surface area contributed by atoms with Crippen molar-refractivity contribution in [2.45, 2.75) is 0 Å². The van der Waals surface area contributed by atoms with E-state index >= 15 is 0 Å². The van der Waals surface area contributed by atoms with Crippen molar-refractivity contribution < 1.29 is 0 Å². The highest BCUT2D eigenvalue weighted by Gasteiger charge is 2.20. The first-order chi connectivity index (χ1) is 11.3. The van der Waals surface area contributed by atoms with Gasteiger partial charge >= 0.3 is 0 Å². The first kappa shape index (κ1) is 14.2. The molecule has 1 aliphatic rings. The van der Waals surface area contributed by atoms with Crippen LogP contribution in [0.15, 0.2) is 48.9 Å². The smallest absolute Gasteiger partial charge is 0.225 e. The molecule has 3 heterocycles. The average Bonchev–Trinajstić information content (AvgIpc) is 2.62. The van der Waals surface area contributed by atoms with Gasteiger partial charge in [-0.15, -0.1) is 0 Å². The topological polar surface area (TPSA) is 45.2 Å². The molecule has 23 heavy (non-hydrogen) atoms. The lowest BCUT2D eigenvalue weighted by molar-refractivity contribution is 0.641. The fourth-order valence-corrected chi connectivity index (χ4v) is 3.15. The average molecular weight is 326 g/mol. The lowest BCUT2D eigenvalue weighted by atomic mass is 10.1. The van der Waals surface area contributed by atoms with Crippen LogP contribution < -0.4 is 9.80 Å². The van der Waals surface area contributed by atoms with E-state index in [1.54, 1.807) is 12.4 Å². The molecule has 1 saturated heterocycles. The van der Waals surface area contributed by atoms with Gasteiger partial charge in [0.1, 0.15) is 0 Å². The quantitative estimate of drug-likeness (QED) is 0.724. The van der Waals surface area contributed by atoms with E-state index in [1.165, 1.54) is 5.69 Å². The van der Waals surface area contributed by atoms with Gasteiger partial charge in [-0.3, -0.25) is 4.98 Å². The Labute approximate surface area is 139 Å². The Bertz CT molecular complexity index is 816. The van der Waals surface area contributed by atoms with Crippen LogP contribution in [0.1, 0.15) is 0 Å².